The van der Waals surface area contributed by atoms with E-state index in [1.54, 1.807) is 6.20 Å². The Morgan fingerprint density at radius 2 is 2.00 bits per heavy atom. The van der Waals surface area contributed by atoms with Gasteiger partial charge in [-0.3, -0.25) is 0 Å². The summed E-state index contributed by atoms with van der Waals surface area (Å²) in [6.45, 7) is 3.75. The number of aromatic nitrogens is 4. The SMILES string of the molecule is c1nc2cnn(C3COC3)c2nc1N1CC2CC2C1. The van der Waals surface area contributed by atoms with Gasteiger partial charge in [-0.15, -0.1) is 0 Å². The van der Waals surface area contributed by atoms with E-state index in [9.17, 15) is 0 Å². The number of rotatable bonds is 2. The van der Waals surface area contributed by atoms with Crippen molar-refractivity contribution in [1.82, 2.24) is 19.7 Å². The first-order chi connectivity index (χ1) is 9.38. The van der Waals surface area contributed by atoms with Crippen molar-refractivity contribution in [1.29, 1.82) is 0 Å². The summed E-state index contributed by atoms with van der Waals surface area (Å²) >= 11 is 0. The Morgan fingerprint density at radius 1 is 1.16 bits per heavy atom. The number of piperidine rings is 1. The van der Waals surface area contributed by atoms with E-state index in [1.165, 1.54) is 6.42 Å². The van der Waals surface area contributed by atoms with E-state index in [2.05, 4.69) is 15.0 Å². The largest absolute Gasteiger partial charge is 0.377 e. The van der Waals surface area contributed by atoms with Crippen LogP contribution in [0, 0.1) is 11.8 Å². The van der Waals surface area contributed by atoms with E-state index in [-0.39, 0.29) is 0 Å². The zero-order chi connectivity index (χ0) is 12.4. The van der Waals surface area contributed by atoms with Gasteiger partial charge < -0.3 is 9.64 Å². The molecule has 1 aliphatic carbocycles. The Labute approximate surface area is 110 Å². The van der Waals surface area contributed by atoms with Crippen molar-refractivity contribution in [3.8, 4) is 0 Å². The minimum Gasteiger partial charge on any atom is -0.377 e. The molecule has 0 radical (unpaired) electrons. The van der Waals surface area contributed by atoms with Crippen LogP contribution in [0.2, 0.25) is 0 Å². The predicted molar refractivity (Wildman–Crippen MR) is 69.0 cm³/mol. The summed E-state index contributed by atoms with van der Waals surface area (Å²) in [5.74, 6) is 2.81. The highest BCUT2D eigenvalue weighted by atomic mass is 16.5. The first kappa shape index (κ1) is 10.1. The molecule has 6 nitrogen and oxygen atoms in total. The lowest BCUT2D eigenvalue weighted by atomic mass is 10.3. The summed E-state index contributed by atoms with van der Waals surface area (Å²) in [5.41, 5.74) is 1.77. The van der Waals surface area contributed by atoms with Crippen LogP contribution in [0.15, 0.2) is 12.4 Å². The summed E-state index contributed by atoms with van der Waals surface area (Å²) in [5, 5.41) is 4.40. The molecule has 0 bridgehead atoms. The minimum atomic E-state index is 0.328. The van der Waals surface area contributed by atoms with E-state index in [4.69, 9.17) is 9.72 Å². The summed E-state index contributed by atoms with van der Waals surface area (Å²) in [6.07, 6.45) is 5.09. The van der Waals surface area contributed by atoms with Gasteiger partial charge in [0.15, 0.2) is 5.65 Å². The van der Waals surface area contributed by atoms with E-state index < -0.39 is 0 Å². The zero-order valence-corrected chi connectivity index (χ0v) is 10.6. The molecule has 2 atom stereocenters. The van der Waals surface area contributed by atoms with Gasteiger partial charge >= 0.3 is 0 Å². The molecular weight excluding hydrogens is 242 g/mol. The monoisotopic (exact) mass is 257 g/mol. The maximum absolute atomic E-state index is 5.24. The molecule has 2 aromatic heterocycles. The maximum Gasteiger partial charge on any atom is 0.179 e. The minimum absolute atomic E-state index is 0.328. The normalized spacial score (nSPS) is 29.6. The highest BCUT2D eigenvalue weighted by Gasteiger charge is 2.45. The number of anilines is 1. The fourth-order valence-corrected chi connectivity index (χ4v) is 3.18. The van der Waals surface area contributed by atoms with Crippen molar-refractivity contribution < 1.29 is 4.74 Å². The van der Waals surface area contributed by atoms with Gasteiger partial charge in [-0.05, 0) is 18.3 Å². The maximum atomic E-state index is 5.24. The number of ether oxygens (including phenoxy) is 1. The van der Waals surface area contributed by atoms with Gasteiger partial charge in [-0.2, -0.15) is 5.10 Å². The highest BCUT2D eigenvalue weighted by Crippen LogP contribution is 2.45. The molecule has 1 saturated carbocycles. The van der Waals surface area contributed by atoms with Crippen molar-refractivity contribution in [2.75, 3.05) is 31.2 Å². The smallest absolute Gasteiger partial charge is 0.179 e. The third-order valence-corrected chi connectivity index (χ3v) is 4.56. The quantitative estimate of drug-likeness (QED) is 0.798. The Balaban J connectivity index is 1.55. The first-order valence-electron chi connectivity index (χ1n) is 6.91. The van der Waals surface area contributed by atoms with Crippen LogP contribution < -0.4 is 4.90 Å². The number of fused-ring (bicyclic) bond motifs is 2. The van der Waals surface area contributed by atoms with Gasteiger partial charge in [-0.1, -0.05) is 0 Å². The molecule has 2 aliphatic heterocycles. The molecule has 0 N–H and O–H groups in total. The molecule has 2 unspecified atom stereocenters. The molecule has 5 rings (SSSR count). The molecule has 19 heavy (non-hydrogen) atoms. The van der Waals surface area contributed by atoms with Crippen LogP contribution in [-0.4, -0.2) is 46.1 Å². The standard InChI is InChI=1S/C13H15N5O/c1-8-4-17(5-9(1)8)12-3-14-11-2-15-18(13(11)16-12)10-6-19-7-10/h2-3,8-10H,1,4-7H2. The molecule has 0 amide bonds. The lowest BCUT2D eigenvalue weighted by Gasteiger charge is -2.26. The molecule has 98 valence electrons. The van der Waals surface area contributed by atoms with Crippen molar-refractivity contribution in [3.63, 3.8) is 0 Å². The molecule has 0 aromatic carbocycles. The van der Waals surface area contributed by atoms with Crippen LogP contribution >= 0.6 is 0 Å². The van der Waals surface area contributed by atoms with Gasteiger partial charge in [-0.25, -0.2) is 14.6 Å². The molecule has 6 heteroatoms. The molecule has 3 aliphatic rings. The van der Waals surface area contributed by atoms with Crippen molar-refractivity contribution >= 4 is 17.0 Å². The van der Waals surface area contributed by atoms with Gasteiger partial charge in [0, 0.05) is 13.1 Å². The second kappa shape index (κ2) is 3.45. The Hall–Kier alpha value is -1.69. The summed E-state index contributed by atoms with van der Waals surface area (Å²) in [4.78, 5) is 11.6. The second-order valence-electron chi connectivity index (χ2n) is 5.88. The van der Waals surface area contributed by atoms with Crippen molar-refractivity contribution in [2.45, 2.75) is 12.5 Å². The molecule has 3 fully saturated rings. The average molecular weight is 257 g/mol. The predicted octanol–water partition coefficient (Wildman–Crippen LogP) is 0.854. The van der Waals surface area contributed by atoms with Gasteiger partial charge in [0.25, 0.3) is 0 Å². The van der Waals surface area contributed by atoms with E-state index in [0.717, 1.165) is 55.1 Å². The summed E-state index contributed by atoms with van der Waals surface area (Å²) < 4.78 is 7.20. The summed E-state index contributed by atoms with van der Waals surface area (Å²) in [6, 6.07) is 0.328. The molecule has 2 aromatic rings. The number of nitrogens with zero attached hydrogens (tertiary/aromatic N) is 5. The molecule has 4 heterocycles. The van der Waals surface area contributed by atoms with Crippen molar-refractivity contribution in [2.24, 2.45) is 11.8 Å². The van der Waals surface area contributed by atoms with Crippen LogP contribution in [0.3, 0.4) is 0 Å². The van der Waals surface area contributed by atoms with Crippen LogP contribution in [-0.2, 0) is 4.74 Å². The lowest BCUT2D eigenvalue weighted by Crippen LogP contribution is -2.31. The Morgan fingerprint density at radius 3 is 2.74 bits per heavy atom. The van der Waals surface area contributed by atoms with Crippen molar-refractivity contribution in [3.05, 3.63) is 12.4 Å². The average Bonchev–Trinajstić information content (AvgIpc) is 2.82. The van der Waals surface area contributed by atoms with Gasteiger partial charge in [0.05, 0.1) is 25.6 Å². The fourth-order valence-electron chi connectivity index (χ4n) is 3.18. The third kappa shape index (κ3) is 1.43. The fraction of sp³-hybridized carbons (Fsp3) is 0.615. The van der Waals surface area contributed by atoms with E-state index >= 15 is 0 Å². The second-order valence-corrected chi connectivity index (χ2v) is 5.88. The highest BCUT2D eigenvalue weighted by molar-refractivity contribution is 5.71. The van der Waals surface area contributed by atoms with Gasteiger partial charge in [0.2, 0.25) is 0 Å². The number of hydrogen-bond donors (Lipinski definition) is 0. The topological polar surface area (TPSA) is 56.1 Å². The van der Waals surface area contributed by atoms with Crippen LogP contribution in [0.25, 0.3) is 11.2 Å². The summed E-state index contributed by atoms with van der Waals surface area (Å²) in [7, 11) is 0. The zero-order valence-electron chi connectivity index (χ0n) is 10.6. The van der Waals surface area contributed by atoms with Crippen LogP contribution in [0.1, 0.15) is 12.5 Å². The van der Waals surface area contributed by atoms with E-state index in [1.807, 2.05) is 10.9 Å². The Kier molecular flexibility index (Phi) is 1.84. The third-order valence-electron chi connectivity index (χ3n) is 4.56. The Bertz CT molecular complexity index is 640. The molecule has 2 saturated heterocycles. The van der Waals surface area contributed by atoms with Crippen LogP contribution in [0.4, 0.5) is 5.82 Å². The van der Waals surface area contributed by atoms with E-state index in [0.29, 0.717) is 6.04 Å². The van der Waals surface area contributed by atoms with Gasteiger partial charge in [0.1, 0.15) is 17.4 Å². The number of hydrogen-bond acceptors (Lipinski definition) is 5. The van der Waals surface area contributed by atoms with Crippen LogP contribution in [0.5, 0.6) is 0 Å². The first-order valence-corrected chi connectivity index (χ1v) is 6.91. The molecular formula is C13H15N5O. The molecule has 0 spiro atoms. The lowest BCUT2D eigenvalue weighted by molar-refractivity contribution is -0.0269.